The molecule has 2 aromatic rings. The summed E-state index contributed by atoms with van der Waals surface area (Å²) in [5.41, 5.74) is 0.898. The predicted molar refractivity (Wildman–Crippen MR) is 81.9 cm³/mol. The third kappa shape index (κ3) is 5.01. The normalized spacial score (nSPS) is 11.0. The zero-order valence-electron chi connectivity index (χ0n) is 12.8. The van der Waals surface area contributed by atoms with Crippen LogP contribution in [-0.2, 0) is 17.4 Å². The van der Waals surface area contributed by atoms with Gasteiger partial charge in [0.2, 0.25) is 5.91 Å². The van der Waals surface area contributed by atoms with Gasteiger partial charge in [-0.1, -0.05) is 12.1 Å². The average Bonchev–Trinajstić information content (AvgIpc) is 2.60. The van der Waals surface area contributed by atoms with Gasteiger partial charge >= 0.3 is 6.18 Å². The highest BCUT2D eigenvalue weighted by Gasteiger charge is 2.30. The van der Waals surface area contributed by atoms with Crippen LogP contribution < -0.4 is 10.8 Å². The van der Waals surface area contributed by atoms with Crippen LogP contribution in [0.25, 0.3) is 0 Å². The van der Waals surface area contributed by atoms with Crippen LogP contribution in [0.1, 0.15) is 27.9 Å². The summed E-state index contributed by atoms with van der Waals surface area (Å²) < 4.78 is 38.2. The van der Waals surface area contributed by atoms with Crippen molar-refractivity contribution in [3.05, 3.63) is 59.3 Å². The fourth-order valence-corrected chi connectivity index (χ4v) is 2.07. The third-order valence-electron chi connectivity index (χ3n) is 3.32. The van der Waals surface area contributed by atoms with Gasteiger partial charge in [0.25, 0.3) is 5.91 Å². The van der Waals surface area contributed by atoms with E-state index in [1.54, 1.807) is 12.1 Å². The van der Waals surface area contributed by atoms with Gasteiger partial charge in [-0.05, 0) is 36.2 Å². The lowest BCUT2D eigenvalue weighted by molar-refractivity contribution is -0.137. The van der Waals surface area contributed by atoms with Crippen LogP contribution in [0.2, 0.25) is 0 Å². The number of carbonyl (C=O) groups is 2. The van der Waals surface area contributed by atoms with Crippen LogP contribution >= 0.6 is 0 Å². The number of aromatic nitrogens is 1. The third-order valence-corrected chi connectivity index (χ3v) is 3.32. The molecule has 0 saturated heterocycles. The molecule has 0 atom stereocenters. The Kier molecular flexibility index (Phi) is 5.71. The molecular formula is C16H14F3N3O3. The quantitative estimate of drug-likeness (QED) is 0.569. The fourth-order valence-electron chi connectivity index (χ4n) is 2.07. The highest BCUT2D eigenvalue weighted by Crippen LogP contribution is 2.29. The Morgan fingerprint density at radius 3 is 2.60 bits per heavy atom. The Hall–Kier alpha value is -2.94. The zero-order valence-corrected chi connectivity index (χ0v) is 12.8. The van der Waals surface area contributed by atoms with Gasteiger partial charge in [0, 0.05) is 18.2 Å². The first-order valence-corrected chi connectivity index (χ1v) is 7.16. The maximum Gasteiger partial charge on any atom is 0.416 e. The topological polar surface area (TPSA) is 91.3 Å². The van der Waals surface area contributed by atoms with Crippen molar-refractivity contribution < 1.29 is 28.0 Å². The molecule has 0 aliphatic heterocycles. The molecule has 132 valence electrons. The second kappa shape index (κ2) is 7.75. The number of aryl methyl sites for hydroxylation is 1. The number of pyridine rings is 1. The van der Waals surface area contributed by atoms with Crippen molar-refractivity contribution in [1.29, 1.82) is 0 Å². The number of hydrogen-bond acceptors (Lipinski definition) is 4. The number of anilines is 1. The first kappa shape index (κ1) is 18.4. The molecule has 0 bridgehead atoms. The summed E-state index contributed by atoms with van der Waals surface area (Å²) >= 11 is 0. The average molecular weight is 353 g/mol. The minimum atomic E-state index is -4.55. The maximum atomic E-state index is 12.7. The molecule has 1 aromatic heterocycles. The molecule has 0 unspecified atom stereocenters. The minimum absolute atomic E-state index is 0.0470. The Morgan fingerprint density at radius 1 is 1.16 bits per heavy atom. The molecular weight excluding hydrogens is 339 g/mol. The highest BCUT2D eigenvalue weighted by molar-refractivity contribution is 6.04. The van der Waals surface area contributed by atoms with Crippen molar-refractivity contribution in [1.82, 2.24) is 10.5 Å². The van der Waals surface area contributed by atoms with Gasteiger partial charge in [0.15, 0.2) is 0 Å². The van der Waals surface area contributed by atoms with E-state index in [1.165, 1.54) is 17.7 Å². The molecule has 25 heavy (non-hydrogen) atoms. The molecule has 6 nitrogen and oxygen atoms in total. The molecule has 1 aromatic carbocycles. The van der Waals surface area contributed by atoms with Gasteiger partial charge in [0.05, 0.1) is 5.56 Å². The van der Waals surface area contributed by atoms with Crippen molar-refractivity contribution in [2.24, 2.45) is 0 Å². The second-order valence-corrected chi connectivity index (χ2v) is 5.08. The van der Waals surface area contributed by atoms with Gasteiger partial charge in [-0.2, -0.15) is 13.2 Å². The van der Waals surface area contributed by atoms with E-state index < -0.39 is 23.6 Å². The van der Waals surface area contributed by atoms with E-state index in [0.717, 1.165) is 18.2 Å². The summed E-state index contributed by atoms with van der Waals surface area (Å²) in [4.78, 5) is 27.3. The summed E-state index contributed by atoms with van der Waals surface area (Å²) in [5, 5.41) is 10.9. The molecule has 0 fully saturated rings. The van der Waals surface area contributed by atoms with Crippen molar-refractivity contribution in [2.45, 2.75) is 19.0 Å². The van der Waals surface area contributed by atoms with E-state index in [-0.39, 0.29) is 24.2 Å². The monoisotopic (exact) mass is 353 g/mol. The molecule has 9 heteroatoms. The number of nitrogens with one attached hydrogen (secondary N) is 2. The number of alkyl halides is 3. The predicted octanol–water partition coefficient (Wildman–Crippen LogP) is 2.79. The number of amides is 2. The Bertz CT molecular complexity index is 778. The van der Waals surface area contributed by atoms with Gasteiger partial charge < -0.3 is 5.32 Å². The van der Waals surface area contributed by atoms with Crippen LogP contribution in [0.3, 0.4) is 0 Å². The van der Waals surface area contributed by atoms with E-state index in [4.69, 9.17) is 5.21 Å². The second-order valence-electron chi connectivity index (χ2n) is 5.08. The lowest BCUT2D eigenvalue weighted by Crippen LogP contribution is -2.20. The van der Waals surface area contributed by atoms with Gasteiger partial charge in [-0.15, -0.1) is 0 Å². The minimum Gasteiger partial charge on any atom is -0.306 e. The summed E-state index contributed by atoms with van der Waals surface area (Å²) in [5.74, 6) is -1.23. The Labute approximate surface area is 140 Å². The van der Waals surface area contributed by atoms with Crippen molar-refractivity contribution in [2.75, 3.05) is 5.32 Å². The van der Waals surface area contributed by atoms with E-state index in [0.29, 0.717) is 5.56 Å². The van der Waals surface area contributed by atoms with Crippen LogP contribution in [-0.4, -0.2) is 22.0 Å². The number of hydrogen-bond donors (Lipinski definition) is 3. The van der Waals surface area contributed by atoms with Crippen LogP contribution in [0.15, 0.2) is 42.6 Å². The van der Waals surface area contributed by atoms with Gasteiger partial charge in [-0.25, -0.2) is 10.5 Å². The van der Waals surface area contributed by atoms with E-state index in [1.807, 2.05) is 0 Å². The van der Waals surface area contributed by atoms with E-state index in [9.17, 15) is 22.8 Å². The molecule has 2 amide bonds. The Balaban J connectivity index is 2.17. The number of halogens is 3. The lowest BCUT2D eigenvalue weighted by atomic mass is 10.1. The maximum absolute atomic E-state index is 12.7. The lowest BCUT2D eigenvalue weighted by Gasteiger charge is -2.11. The summed E-state index contributed by atoms with van der Waals surface area (Å²) in [6.07, 6.45) is -3.02. The zero-order chi connectivity index (χ0) is 18.4. The first-order valence-electron chi connectivity index (χ1n) is 7.16. The number of rotatable bonds is 5. The highest BCUT2D eigenvalue weighted by atomic mass is 19.4. The number of hydroxylamine groups is 1. The molecule has 0 aliphatic carbocycles. The van der Waals surface area contributed by atoms with Crippen molar-refractivity contribution in [3.63, 3.8) is 0 Å². The number of carbonyl (C=O) groups excluding carboxylic acids is 2. The summed E-state index contributed by atoms with van der Waals surface area (Å²) in [7, 11) is 0. The fraction of sp³-hybridized carbons (Fsp3) is 0.188. The molecule has 2 rings (SSSR count). The molecule has 1 heterocycles. The molecule has 0 radical (unpaired) electrons. The first-order chi connectivity index (χ1) is 11.8. The SMILES string of the molecule is O=C(CCc1cccnc1NC(=O)c1cccc(C(F)(F)F)c1)NO. The van der Waals surface area contributed by atoms with Gasteiger partial charge in [0.1, 0.15) is 5.82 Å². The van der Waals surface area contributed by atoms with Crippen LogP contribution in [0.5, 0.6) is 0 Å². The van der Waals surface area contributed by atoms with Crippen molar-refractivity contribution in [3.8, 4) is 0 Å². The van der Waals surface area contributed by atoms with Crippen LogP contribution in [0.4, 0.5) is 19.0 Å². The van der Waals surface area contributed by atoms with Gasteiger partial charge in [-0.3, -0.25) is 14.8 Å². The van der Waals surface area contributed by atoms with Crippen LogP contribution in [0, 0.1) is 0 Å². The standard InChI is InChI=1S/C16H14F3N3O3/c17-16(18,19)12-5-1-3-11(9-12)15(24)21-14-10(4-2-8-20-14)6-7-13(23)22-25/h1-5,8-9,25H,6-7H2,(H,22,23)(H,20,21,24). The molecule has 0 aliphatic rings. The number of benzene rings is 1. The summed E-state index contributed by atoms with van der Waals surface area (Å²) in [6, 6.07) is 7.22. The molecule has 0 spiro atoms. The molecule has 3 N–H and O–H groups in total. The molecule has 0 saturated carbocycles. The van der Waals surface area contributed by atoms with E-state index in [2.05, 4.69) is 10.3 Å². The van der Waals surface area contributed by atoms with Crippen molar-refractivity contribution >= 4 is 17.6 Å². The smallest absolute Gasteiger partial charge is 0.306 e. The largest absolute Gasteiger partial charge is 0.416 e. The van der Waals surface area contributed by atoms with E-state index >= 15 is 0 Å². The number of nitrogens with zero attached hydrogens (tertiary/aromatic N) is 1. The summed E-state index contributed by atoms with van der Waals surface area (Å²) in [6.45, 7) is 0. The Morgan fingerprint density at radius 2 is 1.92 bits per heavy atom.